The Morgan fingerprint density at radius 1 is 1.35 bits per heavy atom. The maximum Gasteiger partial charge on any atom is 0.191 e. The van der Waals surface area contributed by atoms with E-state index < -0.39 is 0 Å². The molecular formula is C14H14IN3OS. The van der Waals surface area contributed by atoms with Crippen molar-refractivity contribution in [1.29, 1.82) is 0 Å². The number of benzene rings is 1. The van der Waals surface area contributed by atoms with E-state index in [2.05, 4.69) is 37.4 Å². The van der Waals surface area contributed by atoms with Crippen LogP contribution in [0.3, 0.4) is 0 Å². The molecule has 0 saturated heterocycles. The highest BCUT2D eigenvalue weighted by Gasteiger charge is 2.28. The zero-order chi connectivity index (χ0) is 14.1. The molecule has 0 unspecified atom stereocenters. The molecule has 4 nitrogen and oxygen atoms in total. The van der Waals surface area contributed by atoms with E-state index in [1.54, 1.807) is 0 Å². The number of ketones is 1. The van der Waals surface area contributed by atoms with E-state index in [0.717, 1.165) is 20.1 Å². The summed E-state index contributed by atoms with van der Waals surface area (Å²) in [5, 5.41) is 9.16. The number of aromatic nitrogens is 3. The van der Waals surface area contributed by atoms with Gasteiger partial charge in [0.15, 0.2) is 10.9 Å². The van der Waals surface area contributed by atoms with E-state index in [4.69, 9.17) is 0 Å². The molecule has 104 valence electrons. The van der Waals surface area contributed by atoms with E-state index in [-0.39, 0.29) is 5.78 Å². The molecule has 20 heavy (non-hydrogen) atoms. The number of thioether (sulfide) groups is 1. The van der Waals surface area contributed by atoms with E-state index in [1.807, 2.05) is 31.2 Å². The number of aryl methyl sites for hydroxylation is 1. The van der Waals surface area contributed by atoms with Crippen molar-refractivity contribution in [2.24, 2.45) is 0 Å². The normalized spacial score (nSPS) is 14.5. The summed E-state index contributed by atoms with van der Waals surface area (Å²) in [6, 6.07) is 8.20. The molecule has 1 fully saturated rings. The molecule has 0 radical (unpaired) electrons. The summed E-state index contributed by atoms with van der Waals surface area (Å²) in [6.07, 6.45) is 2.38. The third-order valence-corrected chi connectivity index (χ3v) is 4.91. The van der Waals surface area contributed by atoms with Crippen molar-refractivity contribution in [3.63, 3.8) is 0 Å². The molecule has 0 atom stereocenters. The maximum absolute atomic E-state index is 12.2. The lowest BCUT2D eigenvalue weighted by molar-refractivity contribution is 0.102. The van der Waals surface area contributed by atoms with Gasteiger partial charge in [0, 0.05) is 15.2 Å². The molecule has 0 amide bonds. The van der Waals surface area contributed by atoms with Crippen LogP contribution in [-0.4, -0.2) is 26.3 Å². The van der Waals surface area contributed by atoms with Crippen molar-refractivity contribution in [1.82, 2.24) is 14.8 Å². The quantitative estimate of drug-likeness (QED) is 0.439. The first kappa shape index (κ1) is 14.1. The minimum atomic E-state index is 0.134. The Kier molecular flexibility index (Phi) is 4.11. The van der Waals surface area contributed by atoms with Crippen LogP contribution in [0.2, 0.25) is 0 Å². The van der Waals surface area contributed by atoms with Crippen LogP contribution in [0.15, 0.2) is 29.4 Å². The van der Waals surface area contributed by atoms with Gasteiger partial charge in [-0.3, -0.25) is 4.79 Å². The largest absolute Gasteiger partial charge is 0.303 e. The minimum absolute atomic E-state index is 0.134. The monoisotopic (exact) mass is 399 g/mol. The van der Waals surface area contributed by atoms with Gasteiger partial charge in [0.25, 0.3) is 0 Å². The van der Waals surface area contributed by atoms with Crippen molar-refractivity contribution in [3.05, 3.63) is 39.2 Å². The highest BCUT2D eigenvalue weighted by molar-refractivity contribution is 14.1. The Balaban J connectivity index is 1.67. The zero-order valence-electron chi connectivity index (χ0n) is 11.0. The Labute approximate surface area is 135 Å². The number of carbonyl (C=O) groups is 1. The molecule has 0 spiro atoms. The van der Waals surface area contributed by atoms with Gasteiger partial charge in [-0.25, -0.2) is 0 Å². The predicted molar refractivity (Wildman–Crippen MR) is 87.2 cm³/mol. The predicted octanol–water partition coefficient (Wildman–Crippen LogP) is 3.50. The molecule has 0 aliphatic heterocycles. The second kappa shape index (κ2) is 5.85. The Bertz CT molecular complexity index is 634. The SMILES string of the molecule is Cc1nnc(SCC(=O)c2ccc(I)cc2)n1C1CC1. The lowest BCUT2D eigenvalue weighted by Gasteiger charge is -2.06. The summed E-state index contributed by atoms with van der Waals surface area (Å²) in [6.45, 7) is 1.97. The fourth-order valence-corrected chi connectivity index (χ4v) is 3.36. The van der Waals surface area contributed by atoms with Crippen molar-refractivity contribution in [3.8, 4) is 0 Å². The first-order valence-corrected chi connectivity index (χ1v) is 8.54. The topological polar surface area (TPSA) is 47.8 Å². The van der Waals surface area contributed by atoms with Crippen molar-refractivity contribution < 1.29 is 4.79 Å². The van der Waals surface area contributed by atoms with Crippen LogP contribution in [0.25, 0.3) is 0 Å². The van der Waals surface area contributed by atoms with Gasteiger partial charge in [-0.15, -0.1) is 10.2 Å². The van der Waals surface area contributed by atoms with Crippen LogP contribution in [-0.2, 0) is 0 Å². The summed E-state index contributed by atoms with van der Waals surface area (Å²) >= 11 is 3.71. The average Bonchev–Trinajstić information content (AvgIpc) is 3.21. The van der Waals surface area contributed by atoms with E-state index in [0.29, 0.717) is 11.8 Å². The first-order chi connectivity index (χ1) is 9.65. The molecule has 1 heterocycles. The fourth-order valence-electron chi connectivity index (χ4n) is 2.05. The third kappa shape index (κ3) is 3.06. The number of halogens is 1. The van der Waals surface area contributed by atoms with Gasteiger partial charge >= 0.3 is 0 Å². The molecule has 1 aromatic carbocycles. The summed E-state index contributed by atoms with van der Waals surface area (Å²) in [5.41, 5.74) is 0.757. The summed E-state index contributed by atoms with van der Waals surface area (Å²) in [7, 11) is 0. The van der Waals surface area contributed by atoms with Gasteiger partial charge in [-0.05, 0) is 54.5 Å². The van der Waals surface area contributed by atoms with Crippen LogP contribution in [0, 0.1) is 10.5 Å². The molecule has 1 aliphatic rings. The lowest BCUT2D eigenvalue weighted by Crippen LogP contribution is -2.05. The van der Waals surface area contributed by atoms with Crippen LogP contribution in [0.1, 0.15) is 35.1 Å². The summed E-state index contributed by atoms with van der Waals surface area (Å²) < 4.78 is 3.29. The Morgan fingerprint density at radius 2 is 2.05 bits per heavy atom. The number of carbonyl (C=O) groups excluding carboxylic acids is 1. The van der Waals surface area contributed by atoms with Crippen molar-refractivity contribution >= 4 is 40.1 Å². The lowest BCUT2D eigenvalue weighted by atomic mass is 10.2. The second-order valence-electron chi connectivity index (χ2n) is 4.85. The van der Waals surface area contributed by atoms with E-state index in [9.17, 15) is 4.79 Å². The molecule has 0 N–H and O–H groups in total. The molecule has 1 saturated carbocycles. The summed E-state index contributed by atoms with van der Waals surface area (Å²) in [4.78, 5) is 12.2. The number of hydrogen-bond acceptors (Lipinski definition) is 4. The van der Waals surface area contributed by atoms with Crippen LogP contribution in [0.5, 0.6) is 0 Å². The van der Waals surface area contributed by atoms with Crippen molar-refractivity contribution in [2.75, 3.05) is 5.75 Å². The zero-order valence-corrected chi connectivity index (χ0v) is 14.0. The van der Waals surface area contributed by atoms with Gasteiger partial charge in [-0.2, -0.15) is 0 Å². The highest BCUT2D eigenvalue weighted by Crippen LogP contribution is 2.38. The molecule has 1 aliphatic carbocycles. The smallest absolute Gasteiger partial charge is 0.191 e. The highest BCUT2D eigenvalue weighted by atomic mass is 127. The van der Waals surface area contributed by atoms with Crippen LogP contribution >= 0.6 is 34.4 Å². The van der Waals surface area contributed by atoms with Crippen LogP contribution < -0.4 is 0 Å². The minimum Gasteiger partial charge on any atom is -0.303 e. The maximum atomic E-state index is 12.2. The molecule has 1 aromatic heterocycles. The van der Waals surface area contributed by atoms with Gasteiger partial charge in [0.05, 0.1) is 5.75 Å². The van der Waals surface area contributed by atoms with Gasteiger partial charge in [0.2, 0.25) is 0 Å². The molecule has 0 bridgehead atoms. The third-order valence-electron chi connectivity index (χ3n) is 3.25. The van der Waals surface area contributed by atoms with Gasteiger partial charge < -0.3 is 4.57 Å². The fraction of sp³-hybridized carbons (Fsp3) is 0.357. The average molecular weight is 399 g/mol. The molecule has 2 aromatic rings. The number of Topliss-reactive ketones (excluding diaryl/α,β-unsaturated/α-hetero) is 1. The van der Waals surface area contributed by atoms with E-state index in [1.165, 1.54) is 24.6 Å². The molecule has 3 rings (SSSR count). The number of rotatable bonds is 5. The number of nitrogens with zero attached hydrogens (tertiary/aromatic N) is 3. The van der Waals surface area contributed by atoms with Gasteiger partial charge in [0.1, 0.15) is 5.82 Å². The number of hydrogen-bond donors (Lipinski definition) is 0. The summed E-state index contributed by atoms with van der Waals surface area (Å²) in [5.74, 6) is 1.48. The standard InChI is InChI=1S/C14H14IN3OS/c1-9-16-17-14(18(9)12-6-7-12)20-8-13(19)10-2-4-11(15)5-3-10/h2-5,12H,6-8H2,1H3. The van der Waals surface area contributed by atoms with Crippen molar-refractivity contribution in [2.45, 2.75) is 31.0 Å². The Morgan fingerprint density at radius 3 is 2.70 bits per heavy atom. The van der Waals surface area contributed by atoms with E-state index >= 15 is 0 Å². The Hall–Kier alpha value is -0.890. The van der Waals surface area contributed by atoms with Crippen LogP contribution in [0.4, 0.5) is 0 Å². The first-order valence-electron chi connectivity index (χ1n) is 6.48. The molecule has 6 heteroatoms. The second-order valence-corrected chi connectivity index (χ2v) is 7.04. The molecular weight excluding hydrogens is 385 g/mol. The van der Waals surface area contributed by atoms with Gasteiger partial charge in [-0.1, -0.05) is 23.9 Å².